The molecule has 1 unspecified atom stereocenters. The molecule has 3 saturated heterocycles. The zero-order chi connectivity index (χ0) is 23.2. The first-order valence-electron chi connectivity index (χ1n) is 11.8. The van der Waals surface area contributed by atoms with Crippen LogP contribution in [0.5, 0.6) is 6.01 Å². The van der Waals surface area contributed by atoms with Crippen LogP contribution in [-0.4, -0.2) is 56.1 Å². The predicted octanol–water partition coefficient (Wildman–Crippen LogP) is 4.20. The fourth-order valence-corrected chi connectivity index (χ4v) is 5.50. The van der Waals surface area contributed by atoms with Gasteiger partial charge < -0.3 is 14.2 Å². The summed E-state index contributed by atoms with van der Waals surface area (Å²) in [5, 5.41) is 0. The quantitative estimate of drug-likeness (QED) is 0.447. The number of hydrogen-bond acceptors (Lipinski definition) is 6. The number of pyridine rings is 1. The van der Waals surface area contributed by atoms with Crippen LogP contribution in [0.2, 0.25) is 0 Å². The molecule has 4 aromatic rings. The van der Waals surface area contributed by atoms with Crippen molar-refractivity contribution in [2.75, 3.05) is 26.7 Å². The Labute approximate surface area is 197 Å². The Morgan fingerprint density at radius 2 is 1.85 bits per heavy atom. The first-order valence-corrected chi connectivity index (χ1v) is 11.8. The van der Waals surface area contributed by atoms with Gasteiger partial charge in [-0.3, -0.25) is 4.98 Å². The summed E-state index contributed by atoms with van der Waals surface area (Å²) in [4.78, 5) is 20.3. The molecule has 0 spiro atoms. The standard InChI is InChI=1S/C26H27FN6O/c1-16-23-25(31-26(29-16)34-2)33(24(30-23)20-11-21(27)13-28-12-20)14-17-3-5-18(6-4-17)22-15-32-9-7-19(22)8-10-32/h3-6,11-13,19,22H,7-10,14-15H2,1-2H3. The molecule has 3 fully saturated rings. The predicted molar refractivity (Wildman–Crippen MR) is 127 cm³/mol. The van der Waals surface area contributed by atoms with Gasteiger partial charge in [-0.15, -0.1) is 0 Å². The molecule has 0 aliphatic carbocycles. The molecule has 6 heterocycles. The lowest BCUT2D eigenvalue weighted by Crippen LogP contribution is -2.46. The number of rotatable bonds is 5. The number of piperidine rings is 3. The Morgan fingerprint density at radius 1 is 1.06 bits per heavy atom. The largest absolute Gasteiger partial charge is 0.467 e. The summed E-state index contributed by atoms with van der Waals surface area (Å²) >= 11 is 0. The highest BCUT2D eigenvalue weighted by molar-refractivity contribution is 5.79. The molecule has 1 atom stereocenters. The average molecular weight is 459 g/mol. The molecule has 34 heavy (non-hydrogen) atoms. The van der Waals surface area contributed by atoms with E-state index in [-0.39, 0.29) is 6.01 Å². The second kappa shape index (κ2) is 8.43. The van der Waals surface area contributed by atoms with Crippen molar-refractivity contribution < 1.29 is 9.13 Å². The minimum atomic E-state index is -0.404. The zero-order valence-corrected chi connectivity index (χ0v) is 19.4. The monoisotopic (exact) mass is 458 g/mol. The van der Waals surface area contributed by atoms with Gasteiger partial charge in [0, 0.05) is 18.3 Å². The van der Waals surface area contributed by atoms with Crippen LogP contribution in [0.1, 0.15) is 35.6 Å². The average Bonchev–Trinajstić information content (AvgIpc) is 3.24. The van der Waals surface area contributed by atoms with Crippen LogP contribution < -0.4 is 4.74 Å². The Hall–Kier alpha value is -3.39. The highest BCUT2D eigenvalue weighted by Gasteiger charge is 2.34. The van der Waals surface area contributed by atoms with E-state index in [2.05, 4.69) is 44.1 Å². The van der Waals surface area contributed by atoms with E-state index in [0.29, 0.717) is 40.7 Å². The van der Waals surface area contributed by atoms with Crippen LogP contribution in [-0.2, 0) is 6.54 Å². The maximum atomic E-state index is 14.0. The Morgan fingerprint density at radius 3 is 2.53 bits per heavy atom. The van der Waals surface area contributed by atoms with Crippen molar-refractivity contribution in [3.8, 4) is 17.4 Å². The summed E-state index contributed by atoms with van der Waals surface area (Å²) in [6.07, 6.45) is 5.42. The summed E-state index contributed by atoms with van der Waals surface area (Å²) in [5.74, 6) is 1.62. The van der Waals surface area contributed by atoms with Crippen LogP contribution in [0.3, 0.4) is 0 Å². The lowest BCUT2D eigenvalue weighted by molar-refractivity contribution is 0.0871. The highest BCUT2D eigenvalue weighted by Crippen LogP contribution is 2.39. The number of nitrogens with zero attached hydrogens (tertiary/aromatic N) is 6. The van der Waals surface area contributed by atoms with Crippen molar-refractivity contribution in [1.29, 1.82) is 0 Å². The van der Waals surface area contributed by atoms with Gasteiger partial charge in [0.2, 0.25) is 0 Å². The number of ether oxygens (including phenoxy) is 1. The number of fused-ring (bicyclic) bond motifs is 4. The van der Waals surface area contributed by atoms with Crippen molar-refractivity contribution in [1.82, 2.24) is 29.4 Å². The molecule has 174 valence electrons. The normalized spacial score (nSPS) is 21.8. The summed E-state index contributed by atoms with van der Waals surface area (Å²) in [6.45, 7) is 6.08. The van der Waals surface area contributed by atoms with E-state index in [9.17, 15) is 4.39 Å². The van der Waals surface area contributed by atoms with E-state index in [1.807, 2.05) is 11.5 Å². The van der Waals surface area contributed by atoms with Gasteiger partial charge in [0.25, 0.3) is 0 Å². The first kappa shape index (κ1) is 21.2. The number of benzene rings is 1. The molecule has 2 bridgehead atoms. The lowest BCUT2D eigenvalue weighted by Gasteiger charge is -2.45. The van der Waals surface area contributed by atoms with Crippen molar-refractivity contribution in [2.45, 2.75) is 32.2 Å². The molecule has 3 aliphatic rings. The van der Waals surface area contributed by atoms with Crippen LogP contribution in [0.4, 0.5) is 4.39 Å². The van der Waals surface area contributed by atoms with E-state index in [1.165, 1.54) is 50.3 Å². The van der Waals surface area contributed by atoms with Crippen LogP contribution in [0.25, 0.3) is 22.6 Å². The second-order valence-corrected chi connectivity index (χ2v) is 9.37. The van der Waals surface area contributed by atoms with E-state index in [4.69, 9.17) is 9.72 Å². The summed E-state index contributed by atoms with van der Waals surface area (Å²) in [6, 6.07) is 10.7. The third kappa shape index (κ3) is 3.72. The maximum Gasteiger partial charge on any atom is 0.318 e. The molecule has 1 aromatic carbocycles. The third-order valence-corrected chi connectivity index (χ3v) is 7.30. The number of imidazole rings is 1. The molecular formula is C26H27FN6O. The molecule has 0 N–H and O–H groups in total. The van der Waals surface area contributed by atoms with E-state index in [0.717, 1.165) is 11.5 Å². The maximum absolute atomic E-state index is 14.0. The van der Waals surface area contributed by atoms with Crippen molar-refractivity contribution in [3.63, 3.8) is 0 Å². The van der Waals surface area contributed by atoms with Gasteiger partial charge in [-0.05, 0) is 61.9 Å². The van der Waals surface area contributed by atoms with E-state index < -0.39 is 5.82 Å². The van der Waals surface area contributed by atoms with Crippen LogP contribution >= 0.6 is 0 Å². The summed E-state index contributed by atoms with van der Waals surface area (Å²) in [5.41, 5.74) is 5.19. The van der Waals surface area contributed by atoms with E-state index in [1.54, 1.807) is 13.3 Å². The second-order valence-electron chi connectivity index (χ2n) is 9.37. The van der Waals surface area contributed by atoms with Crippen molar-refractivity contribution in [2.24, 2.45) is 5.92 Å². The molecule has 0 saturated carbocycles. The summed E-state index contributed by atoms with van der Waals surface area (Å²) in [7, 11) is 1.55. The molecule has 0 amide bonds. The van der Waals surface area contributed by atoms with Gasteiger partial charge in [-0.2, -0.15) is 9.97 Å². The van der Waals surface area contributed by atoms with Crippen molar-refractivity contribution in [3.05, 3.63) is 65.4 Å². The number of aryl methyl sites for hydroxylation is 1. The molecule has 3 aromatic heterocycles. The fourth-order valence-electron chi connectivity index (χ4n) is 5.50. The zero-order valence-electron chi connectivity index (χ0n) is 19.4. The smallest absolute Gasteiger partial charge is 0.318 e. The minimum absolute atomic E-state index is 0.285. The lowest BCUT2D eigenvalue weighted by atomic mass is 9.75. The van der Waals surface area contributed by atoms with Gasteiger partial charge in [0.15, 0.2) is 5.65 Å². The van der Waals surface area contributed by atoms with Crippen LogP contribution in [0, 0.1) is 18.7 Å². The Bertz CT molecular complexity index is 1340. The van der Waals surface area contributed by atoms with Crippen LogP contribution in [0.15, 0.2) is 42.7 Å². The number of methoxy groups -OCH3 is 1. The molecular weight excluding hydrogens is 431 g/mol. The fraction of sp³-hybridized carbons (Fsp3) is 0.385. The third-order valence-electron chi connectivity index (χ3n) is 7.30. The Balaban J connectivity index is 1.39. The molecule has 7 nitrogen and oxygen atoms in total. The molecule has 3 aliphatic heterocycles. The van der Waals surface area contributed by atoms with Gasteiger partial charge in [-0.25, -0.2) is 9.37 Å². The first-order chi connectivity index (χ1) is 16.6. The summed E-state index contributed by atoms with van der Waals surface area (Å²) < 4.78 is 21.3. The van der Waals surface area contributed by atoms with Gasteiger partial charge in [0.1, 0.15) is 17.2 Å². The number of hydrogen-bond donors (Lipinski definition) is 0. The molecule has 8 heteroatoms. The van der Waals surface area contributed by atoms with Gasteiger partial charge >= 0.3 is 6.01 Å². The SMILES string of the molecule is COc1nc(C)c2nc(-c3cncc(F)c3)n(Cc3ccc(C4CN5CCC4CC5)cc3)c2n1. The van der Waals surface area contributed by atoms with Crippen molar-refractivity contribution >= 4 is 11.2 Å². The van der Waals surface area contributed by atoms with Gasteiger partial charge in [-0.1, -0.05) is 24.3 Å². The van der Waals surface area contributed by atoms with Gasteiger partial charge in [0.05, 0.1) is 25.5 Å². The molecule has 7 rings (SSSR count). The molecule has 0 radical (unpaired) electrons. The highest BCUT2D eigenvalue weighted by atomic mass is 19.1. The topological polar surface area (TPSA) is 69.0 Å². The number of halogens is 1. The number of aromatic nitrogens is 5. The Kier molecular flexibility index (Phi) is 5.25. The minimum Gasteiger partial charge on any atom is -0.467 e. The van der Waals surface area contributed by atoms with E-state index >= 15 is 0 Å².